The molecule has 0 spiro atoms. The molecule has 2 fully saturated rings. The van der Waals surface area contributed by atoms with E-state index in [9.17, 15) is 9.59 Å². The number of amides is 1. The zero-order chi connectivity index (χ0) is 17.2. The van der Waals surface area contributed by atoms with Crippen LogP contribution in [0, 0.1) is 5.92 Å². The average molecular weight is 343 g/mol. The van der Waals surface area contributed by atoms with Gasteiger partial charge < -0.3 is 14.8 Å². The number of carbonyl (C=O) groups is 1. The van der Waals surface area contributed by atoms with Crippen molar-refractivity contribution in [1.82, 2.24) is 14.8 Å². The molecule has 2 heterocycles. The Hall–Kier alpha value is -1.62. The Morgan fingerprint density at radius 1 is 1.08 bits per heavy atom. The van der Waals surface area contributed by atoms with Gasteiger partial charge >= 0.3 is 0 Å². The molecule has 0 aromatic carbocycles. The van der Waals surface area contributed by atoms with E-state index in [0.29, 0.717) is 0 Å². The Kier molecular flexibility index (Phi) is 4.93. The lowest BCUT2D eigenvalue weighted by molar-refractivity contribution is -0.128. The summed E-state index contributed by atoms with van der Waals surface area (Å²) in [5.41, 5.74) is 2.56. The number of nitrogens with one attached hydrogen (secondary N) is 1. The van der Waals surface area contributed by atoms with Gasteiger partial charge in [-0.15, -0.1) is 0 Å². The van der Waals surface area contributed by atoms with Gasteiger partial charge in [-0.25, -0.2) is 0 Å². The van der Waals surface area contributed by atoms with Crippen LogP contribution in [0.2, 0.25) is 0 Å². The molecule has 0 radical (unpaired) electrons. The van der Waals surface area contributed by atoms with E-state index in [1.54, 1.807) is 6.07 Å². The lowest BCUT2D eigenvalue weighted by Gasteiger charge is -2.31. The zero-order valence-corrected chi connectivity index (χ0v) is 15.0. The van der Waals surface area contributed by atoms with Gasteiger partial charge in [0.05, 0.1) is 0 Å². The van der Waals surface area contributed by atoms with Crippen LogP contribution in [-0.4, -0.2) is 41.1 Å². The Labute approximate surface area is 149 Å². The molecule has 2 aliphatic carbocycles. The summed E-state index contributed by atoms with van der Waals surface area (Å²) in [5.74, 6) is 0.484. The summed E-state index contributed by atoms with van der Waals surface area (Å²) in [6, 6.07) is 3.91. The predicted octanol–water partition coefficient (Wildman–Crippen LogP) is 1.72. The van der Waals surface area contributed by atoms with Crippen LogP contribution in [0.3, 0.4) is 0 Å². The molecule has 5 heteroatoms. The molecule has 1 unspecified atom stereocenters. The number of carbonyl (C=O) groups excluding carboxylic acids is 1. The van der Waals surface area contributed by atoms with Gasteiger partial charge in [-0.05, 0) is 63.6 Å². The lowest BCUT2D eigenvalue weighted by Crippen LogP contribution is -2.44. The third-order valence-electron chi connectivity index (χ3n) is 6.25. The minimum Gasteiger partial charge on any atom is -0.353 e. The van der Waals surface area contributed by atoms with E-state index in [2.05, 4.69) is 10.2 Å². The third kappa shape index (κ3) is 3.66. The lowest BCUT2D eigenvalue weighted by atomic mass is 9.84. The van der Waals surface area contributed by atoms with Crippen molar-refractivity contribution in [2.45, 2.75) is 64.0 Å². The molecule has 3 aliphatic rings. The van der Waals surface area contributed by atoms with Crippen LogP contribution in [0.4, 0.5) is 0 Å². The van der Waals surface area contributed by atoms with Crippen LogP contribution < -0.4 is 10.9 Å². The molecule has 1 atom stereocenters. The fraction of sp³-hybridized carbons (Fsp3) is 0.700. The van der Waals surface area contributed by atoms with Crippen molar-refractivity contribution in [3.63, 3.8) is 0 Å². The maximum Gasteiger partial charge on any atom is 0.250 e. The number of rotatable bonds is 5. The second-order valence-electron chi connectivity index (χ2n) is 7.92. The zero-order valence-electron chi connectivity index (χ0n) is 15.0. The van der Waals surface area contributed by atoms with Crippen LogP contribution in [0.15, 0.2) is 16.9 Å². The smallest absolute Gasteiger partial charge is 0.250 e. The van der Waals surface area contributed by atoms with Gasteiger partial charge in [0.25, 0.3) is 5.56 Å². The van der Waals surface area contributed by atoms with Crippen molar-refractivity contribution in [2.75, 3.05) is 19.6 Å². The van der Waals surface area contributed by atoms with Gasteiger partial charge in [-0.3, -0.25) is 9.59 Å². The molecule has 1 aromatic rings. The van der Waals surface area contributed by atoms with Crippen molar-refractivity contribution in [2.24, 2.45) is 5.92 Å². The van der Waals surface area contributed by atoms with Crippen molar-refractivity contribution >= 4 is 5.91 Å². The highest BCUT2D eigenvalue weighted by molar-refractivity contribution is 5.79. The van der Waals surface area contributed by atoms with Crippen LogP contribution in [0.1, 0.15) is 49.8 Å². The van der Waals surface area contributed by atoms with Gasteiger partial charge in [0.2, 0.25) is 5.91 Å². The first-order valence-corrected chi connectivity index (χ1v) is 9.95. The molecule has 0 bridgehead atoms. The van der Waals surface area contributed by atoms with Crippen molar-refractivity contribution in [3.05, 3.63) is 33.7 Å². The van der Waals surface area contributed by atoms with Gasteiger partial charge in [0.15, 0.2) is 0 Å². The molecule has 136 valence electrons. The van der Waals surface area contributed by atoms with Crippen LogP contribution in [0.5, 0.6) is 0 Å². The molecule has 1 saturated heterocycles. The first-order chi connectivity index (χ1) is 12.2. The fourth-order valence-electron chi connectivity index (χ4n) is 4.43. The van der Waals surface area contributed by atoms with Crippen LogP contribution in [0.25, 0.3) is 0 Å². The topological polar surface area (TPSA) is 54.3 Å². The number of pyridine rings is 1. The third-order valence-corrected chi connectivity index (χ3v) is 6.25. The van der Waals surface area contributed by atoms with Crippen molar-refractivity contribution in [1.29, 1.82) is 0 Å². The summed E-state index contributed by atoms with van der Waals surface area (Å²) in [4.78, 5) is 27.0. The summed E-state index contributed by atoms with van der Waals surface area (Å²) in [5, 5.41) is 3.24. The Bertz CT molecular complexity index is 687. The molecule has 25 heavy (non-hydrogen) atoms. The number of hydrogen-bond donors (Lipinski definition) is 1. The second kappa shape index (κ2) is 7.32. The van der Waals surface area contributed by atoms with Crippen molar-refractivity contribution in [3.8, 4) is 0 Å². The Balaban J connectivity index is 1.42. The summed E-state index contributed by atoms with van der Waals surface area (Å²) < 4.78 is 1.98. The molecule has 4 rings (SSSR count). The summed E-state index contributed by atoms with van der Waals surface area (Å²) in [6.45, 7) is 4.09. The minimum atomic E-state index is 0.120. The van der Waals surface area contributed by atoms with E-state index >= 15 is 0 Å². The molecule has 1 N–H and O–H groups in total. The Morgan fingerprint density at radius 2 is 1.88 bits per heavy atom. The monoisotopic (exact) mass is 343 g/mol. The van der Waals surface area contributed by atoms with E-state index < -0.39 is 0 Å². The highest BCUT2D eigenvalue weighted by Gasteiger charge is 2.29. The van der Waals surface area contributed by atoms with E-state index in [-0.39, 0.29) is 23.4 Å². The standard InChI is InChI=1S/C20H29N3O2/c24-19-9-6-16-14-17(21-20(25)15-4-3-5-15)7-8-18(16)23(19)13-12-22-10-1-2-11-22/h6,9,15,17H,1-5,7-8,10-14H2,(H,21,25). The highest BCUT2D eigenvalue weighted by atomic mass is 16.2. The van der Waals surface area contributed by atoms with Gasteiger partial charge in [-0.2, -0.15) is 0 Å². The SMILES string of the molecule is O=C(NC1CCc2c(ccc(=O)n2CCN2CCCC2)C1)C1CCC1. The molecular formula is C20H29N3O2. The van der Waals surface area contributed by atoms with Gasteiger partial charge in [-0.1, -0.05) is 12.5 Å². The normalized spacial score (nSPS) is 23.9. The number of aromatic nitrogens is 1. The first-order valence-electron chi connectivity index (χ1n) is 9.95. The van der Waals surface area contributed by atoms with Gasteiger partial charge in [0, 0.05) is 36.8 Å². The van der Waals surface area contributed by atoms with E-state index in [1.165, 1.54) is 43.6 Å². The number of hydrogen-bond acceptors (Lipinski definition) is 3. The van der Waals surface area contributed by atoms with E-state index in [0.717, 1.165) is 45.2 Å². The Morgan fingerprint density at radius 3 is 2.60 bits per heavy atom. The fourth-order valence-corrected chi connectivity index (χ4v) is 4.43. The summed E-state index contributed by atoms with van der Waals surface area (Å²) in [6.07, 6.45) is 8.54. The quantitative estimate of drug-likeness (QED) is 0.886. The highest BCUT2D eigenvalue weighted by Crippen LogP contribution is 2.27. The summed E-state index contributed by atoms with van der Waals surface area (Å²) >= 11 is 0. The largest absolute Gasteiger partial charge is 0.353 e. The molecule has 1 saturated carbocycles. The molecular weight excluding hydrogens is 314 g/mol. The van der Waals surface area contributed by atoms with Crippen LogP contribution in [-0.2, 0) is 24.2 Å². The van der Waals surface area contributed by atoms with E-state index in [1.807, 2.05) is 10.6 Å². The number of nitrogens with zero attached hydrogens (tertiary/aromatic N) is 2. The molecule has 5 nitrogen and oxygen atoms in total. The number of fused-ring (bicyclic) bond motifs is 1. The van der Waals surface area contributed by atoms with E-state index in [4.69, 9.17) is 0 Å². The van der Waals surface area contributed by atoms with Crippen LogP contribution >= 0.6 is 0 Å². The minimum absolute atomic E-state index is 0.120. The second-order valence-corrected chi connectivity index (χ2v) is 7.92. The molecule has 1 amide bonds. The first kappa shape index (κ1) is 16.8. The predicted molar refractivity (Wildman–Crippen MR) is 97.7 cm³/mol. The summed E-state index contributed by atoms with van der Waals surface area (Å²) in [7, 11) is 0. The number of likely N-dealkylation sites (tertiary alicyclic amines) is 1. The maximum absolute atomic E-state index is 12.4. The average Bonchev–Trinajstić information content (AvgIpc) is 3.05. The maximum atomic E-state index is 12.4. The van der Waals surface area contributed by atoms with Crippen molar-refractivity contribution < 1.29 is 4.79 Å². The molecule has 1 aromatic heterocycles. The van der Waals surface area contributed by atoms with Gasteiger partial charge in [0.1, 0.15) is 0 Å². The molecule has 1 aliphatic heterocycles.